The number of halogens is 1. The number of hydrogen-bond donors (Lipinski definition) is 2. The van der Waals surface area contributed by atoms with Gasteiger partial charge in [-0.3, -0.25) is 0 Å². The zero-order valence-corrected chi connectivity index (χ0v) is 9.10. The summed E-state index contributed by atoms with van der Waals surface area (Å²) in [6.07, 6.45) is 2.75. The molecule has 6 heteroatoms. The lowest BCUT2D eigenvalue weighted by Crippen LogP contribution is -2.36. The number of nitrogens with one attached hydrogen (secondary N) is 1. The van der Waals surface area contributed by atoms with Gasteiger partial charge in [0.25, 0.3) is 0 Å². The van der Waals surface area contributed by atoms with Gasteiger partial charge in [-0.25, -0.2) is 14.4 Å². The number of hydrogen-bond acceptors (Lipinski definition) is 5. The standard InChI is InChI=1S/C10H15FN4O/c1-15(6-8-2-9(16)5-12-8)10-13-3-7(11)4-14-10/h3-4,8-9,12,16H,2,5-6H2,1H3/t8-,9+/m0/s1. The predicted molar refractivity (Wildman–Crippen MR) is 57.7 cm³/mol. The third kappa shape index (κ3) is 2.65. The smallest absolute Gasteiger partial charge is 0.225 e. The van der Waals surface area contributed by atoms with Crippen LogP contribution < -0.4 is 10.2 Å². The van der Waals surface area contributed by atoms with Crippen LogP contribution in [0.5, 0.6) is 0 Å². The van der Waals surface area contributed by atoms with Crippen LogP contribution in [0.4, 0.5) is 10.3 Å². The Morgan fingerprint density at radius 1 is 1.56 bits per heavy atom. The molecule has 1 aromatic rings. The number of aromatic nitrogens is 2. The zero-order valence-electron chi connectivity index (χ0n) is 9.10. The minimum atomic E-state index is -0.438. The fourth-order valence-corrected chi connectivity index (χ4v) is 1.85. The van der Waals surface area contributed by atoms with Crippen LogP contribution in [0.1, 0.15) is 6.42 Å². The topological polar surface area (TPSA) is 61.3 Å². The summed E-state index contributed by atoms with van der Waals surface area (Å²) in [4.78, 5) is 9.62. The van der Waals surface area contributed by atoms with E-state index in [0.29, 0.717) is 19.0 Å². The highest BCUT2D eigenvalue weighted by molar-refractivity contribution is 5.27. The number of nitrogens with zero attached hydrogens (tertiary/aromatic N) is 3. The number of aliphatic hydroxyl groups is 1. The first-order valence-electron chi connectivity index (χ1n) is 5.25. The van der Waals surface area contributed by atoms with Gasteiger partial charge in [0.15, 0.2) is 5.82 Å². The summed E-state index contributed by atoms with van der Waals surface area (Å²) in [6.45, 7) is 1.32. The van der Waals surface area contributed by atoms with Gasteiger partial charge in [0.2, 0.25) is 5.95 Å². The largest absolute Gasteiger partial charge is 0.392 e. The molecule has 1 saturated heterocycles. The molecule has 0 saturated carbocycles. The van der Waals surface area contributed by atoms with Crippen molar-refractivity contribution in [3.05, 3.63) is 18.2 Å². The van der Waals surface area contributed by atoms with E-state index in [4.69, 9.17) is 0 Å². The summed E-state index contributed by atoms with van der Waals surface area (Å²) in [5.41, 5.74) is 0. The van der Waals surface area contributed by atoms with Crippen LogP contribution in [0.15, 0.2) is 12.4 Å². The molecule has 0 aromatic carbocycles. The van der Waals surface area contributed by atoms with Crippen LogP contribution in [0, 0.1) is 5.82 Å². The lowest BCUT2D eigenvalue weighted by Gasteiger charge is -2.20. The summed E-state index contributed by atoms with van der Waals surface area (Å²) >= 11 is 0. The Kier molecular flexibility index (Phi) is 3.31. The van der Waals surface area contributed by atoms with Crippen molar-refractivity contribution in [1.29, 1.82) is 0 Å². The second-order valence-corrected chi connectivity index (χ2v) is 4.08. The Morgan fingerprint density at radius 2 is 2.25 bits per heavy atom. The number of β-amino-alcohol motifs (C(OH)–C–C–N with tert-alkyl or cyclic N) is 1. The monoisotopic (exact) mass is 226 g/mol. The van der Waals surface area contributed by atoms with E-state index in [1.807, 2.05) is 11.9 Å². The first-order valence-corrected chi connectivity index (χ1v) is 5.25. The van der Waals surface area contributed by atoms with E-state index in [2.05, 4.69) is 15.3 Å². The highest BCUT2D eigenvalue weighted by Crippen LogP contribution is 2.10. The van der Waals surface area contributed by atoms with Crippen LogP contribution in [0.25, 0.3) is 0 Å². The Morgan fingerprint density at radius 3 is 2.81 bits per heavy atom. The lowest BCUT2D eigenvalue weighted by atomic mass is 10.2. The Balaban J connectivity index is 1.92. The molecule has 0 unspecified atom stereocenters. The van der Waals surface area contributed by atoms with E-state index in [1.165, 1.54) is 0 Å². The fourth-order valence-electron chi connectivity index (χ4n) is 1.85. The molecule has 0 amide bonds. The fraction of sp³-hybridized carbons (Fsp3) is 0.600. The molecule has 16 heavy (non-hydrogen) atoms. The molecule has 0 bridgehead atoms. The highest BCUT2D eigenvalue weighted by Gasteiger charge is 2.23. The SMILES string of the molecule is CN(C[C@@H]1C[C@@H](O)CN1)c1ncc(F)cn1. The molecule has 0 radical (unpaired) electrons. The van der Waals surface area contributed by atoms with Crippen molar-refractivity contribution in [3.63, 3.8) is 0 Å². The van der Waals surface area contributed by atoms with Gasteiger partial charge in [-0.15, -0.1) is 0 Å². The Labute approximate surface area is 93.3 Å². The van der Waals surface area contributed by atoms with Crippen LogP contribution >= 0.6 is 0 Å². The predicted octanol–water partition coefficient (Wildman–Crippen LogP) is -0.225. The third-order valence-corrected chi connectivity index (χ3v) is 2.64. The molecule has 2 atom stereocenters. The van der Waals surface area contributed by atoms with Gasteiger partial charge in [-0.1, -0.05) is 0 Å². The van der Waals surface area contributed by atoms with Gasteiger partial charge >= 0.3 is 0 Å². The van der Waals surface area contributed by atoms with Crippen molar-refractivity contribution in [1.82, 2.24) is 15.3 Å². The molecule has 0 aliphatic carbocycles. The van der Waals surface area contributed by atoms with Gasteiger partial charge in [0, 0.05) is 26.2 Å². The van der Waals surface area contributed by atoms with E-state index in [1.54, 1.807) is 0 Å². The second kappa shape index (κ2) is 4.71. The van der Waals surface area contributed by atoms with Crippen molar-refractivity contribution >= 4 is 5.95 Å². The average molecular weight is 226 g/mol. The minimum absolute atomic E-state index is 0.230. The van der Waals surface area contributed by atoms with Gasteiger partial charge in [-0.2, -0.15) is 0 Å². The molecule has 1 aliphatic rings. The highest BCUT2D eigenvalue weighted by atomic mass is 19.1. The van der Waals surface area contributed by atoms with E-state index in [0.717, 1.165) is 18.8 Å². The number of aliphatic hydroxyl groups excluding tert-OH is 1. The van der Waals surface area contributed by atoms with E-state index in [9.17, 15) is 9.50 Å². The van der Waals surface area contributed by atoms with E-state index in [-0.39, 0.29) is 12.1 Å². The molecule has 0 spiro atoms. The maximum Gasteiger partial charge on any atom is 0.225 e. The number of likely N-dealkylation sites (N-methyl/N-ethyl adjacent to an activating group) is 1. The van der Waals surface area contributed by atoms with Crippen LogP contribution in [0.3, 0.4) is 0 Å². The van der Waals surface area contributed by atoms with Gasteiger partial charge < -0.3 is 15.3 Å². The third-order valence-electron chi connectivity index (χ3n) is 2.64. The van der Waals surface area contributed by atoms with Crippen LogP contribution in [-0.2, 0) is 0 Å². The van der Waals surface area contributed by atoms with Crippen molar-refractivity contribution in [2.75, 3.05) is 25.0 Å². The minimum Gasteiger partial charge on any atom is -0.392 e. The van der Waals surface area contributed by atoms with E-state index < -0.39 is 5.82 Å². The van der Waals surface area contributed by atoms with Crippen molar-refractivity contribution in [3.8, 4) is 0 Å². The molecule has 2 heterocycles. The van der Waals surface area contributed by atoms with Gasteiger partial charge in [0.1, 0.15) is 0 Å². The first kappa shape index (κ1) is 11.2. The molecule has 5 nitrogen and oxygen atoms in total. The van der Waals surface area contributed by atoms with E-state index >= 15 is 0 Å². The molecule has 1 aliphatic heterocycles. The second-order valence-electron chi connectivity index (χ2n) is 4.08. The van der Waals surface area contributed by atoms with Crippen LogP contribution in [-0.4, -0.2) is 47.4 Å². The lowest BCUT2D eigenvalue weighted by molar-refractivity contribution is 0.193. The van der Waals surface area contributed by atoms with Crippen molar-refractivity contribution in [2.24, 2.45) is 0 Å². The Hall–Kier alpha value is -1.27. The molecule has 1 aromatic heterocycles. The first-order chi connectivity index (χ1) is 7.65. The summed E-state index contributed by atoms with van der Waals surface area (Å²) in [6, 6.07) is 0.230. The molecule has 2 N–H and O–H groups in total. The maximum atomic E-state index is 12.6. The molecular formula is C10H15FN4O. The summed E-state index contributed by atoms with van der Waals surface area (Å²) in [7, 11) is 1.85. The van der Waals surface area contributed by atoms with Gasteiger partial charge in [-0.05, 0) is 6.42 Å². The number of rotatable bonds is 3. The van der Waals surface area contributed by atoms with Crippen molar-refractivity contribution < 1.29 is 9.50 Å². The normalized spacial score (nSPS) is 24.7. The molecule has 1 fully saturated rings. The summed E-state index contributed by atoms with van der Waals surface area (Å²) < 4.78 is 12.6. The summed E-state index contributed by atoms with van der Waals surface area (Å²) in [5.74, 6) is 0.0520. The molecule has 88 valence electrons. The van der Waals surface area contributed by atoms with Gasteiger partial charge in [0.05, 0.1) is 18.5 Å². The summed E-state index contributed by atoms with van der Waals surface area (Å²) in [5, 5.41) is 12.6. The van der Waals surface area contributed by atoms with Crippen molar-refractivity contribution in [2.45, 2.75) is 18.6 Å². The average Bonchev–Trinajstić information content (AvgIpc) is 2.65. The quantitative estimate of drug-likeness (QED) is 0.746. The zero-order chi connectivity index (χ0) is 11.5. The molecule has 2 rings (SSSR count). The maximum absolute atomic E-state index is 12.6. The number of anilines is 1. The Bertz CT molecular complexity index is 345. The molecular weight excluding hydrogens is 211 g/mol. The van der Waals surface area contributed by atoms with Crippen LogP contribution in [0.2, 0.25) is 0 Å².